The Morgan fingerprint density at radius 2 is 1.96 bits per heavy atom. The normalized spacial score (nSPS) is 32.9. The van der Waals surface area contributed by atoms with Gasteiger partial charge in [0.1, 0.15) is 30.2 Å². The lowest BCUT2D eigenvalue weighted by Gasteiger charge is -2.40. The molecule has 0 amide bonds. The third-order valence-corrected chi connectivity index (χ3v) is 5.29. The highest BCUT2D eigenvalue weighted by Crippen LogP contribution is 2.39. The van der Waals surface area contributed by atoms with Crippen LogP contribution in [-0.2, 0) is 30.3 Å². The summed E-state index contributed by atoms with van der Waals surface area (Å²) >= 11 is 3.55. The molecule has 0 bridgehead atoms. The molecule has 0 aliphatic carbocycles. The van der Waals surface area contributed by atoms with E-state index in [4.69, 9.17) is 28.4 Å². The number of benzene rings is 1. The number of methoxy groups -OCH3 is 2. The molecule has 144 valence electrons. The molecule has 0 aromatic heterocycles. The van der Waals surface area contributed by atoms with Crippen LogP contribution >= 0.6 is 15.9 Å². The van der Waals surface area contributed by atoms with Crippen LogP contribution in [0.4, 0.5) is 0 Å². The summed E-state index contributed by atoms with van der Waals surface area (Å²) in [6.07, 6.45) is -0.261. The van der Waals surface area contributed by atoms with Gasteiger partial charge in [0.2, 0.25) is 0 Å². The van der Waals surface area contributed by atoms with Crippen molar-refractivity contribution < 1.29 is 28.4 Å². The van der Waals surface area contributed by atoms with Crippen molar-refractivity contribution in [3.63, 3.8) is 0 Å². The van der Waals surface area contributed by atoms with E-state index in [9.17, 15) is 0 Å². The van der Waals surface area contributed by atoms with Crippen molar-refractivity contribution in [3.8, 4) is 5.75 Å². The predicted octanol–water partition coefficient (Wildman–Crippen LogP) is 3.42. The van der Waals surface area contributed by atoms with Gasteiger partial charge in [-0.2, -0.15) is 0 Å². The molecule has 26 heavy (non-hydrogen) atoms. The van der Waals surface area contributed by atoms with Crippen LogP contribution in [0.3, 0.4) is 0 Å². The summed E-state index contributed by atoms with van der Waals surface area (Å²) in [5, 5.41) is 0. The standard InChI is InChI=1S/C19H25BrO6/c1-6-14-15(23-10-11-9-12(21-4)7-8-13(11)20)16-17(18(22-5)24-14)26-19(2,3)25-16/h6-9,14-18H,1,10H2,2-5H3/t14-,15-,16+,17+,18+/m1/s1. The van der Waals surface area contributed by atoms with Crippen LogP contribution in [0.1, 0.15) is 19.4 Å². The molecule has 0 spiro atoms. The molecular weight excluding hydrogens is 404 g/mol. The minimum absolute atomic E-state index is 0.323. The first kappa shape index (κ1) is 19.8. The first-order chi connectivity index (χ1) is 12.4. The van der Waals surface area contributed by atoms with Gasteiger partial charge in [0.15, 0.2) is 12.1 Å². The summed E-state index contributed by atoms with van der Waals surface area (Å²) < 4.78 is 35.9. The zero-order valence-electron chi connectivity index (χ0n) is 15.4. The fourth-order valence-electron chi connectivity index (χ4n) is 3.32. The SMILES string of the molecule is C=C[C@H]1O[C@H](OC)[C@H]2OC(C)(C)O[C@H]2[C@@H]1OCc1cc(OC)ccc1Br. The zero-order valence-corrected chi connectivity index (χ0v) is 17.0. The van der Waals surface area contributed by atoms with E-state index in [1.807, 2.05) is 32.0 Å². The summed E-state index contributed by atoms with van der Waals surface area (Å²) in [5.74, 6) is 0.0369. The Hall–Kier alpha value is -0.960. The number of ether oxygens (including phenoxy) is 6. The van der Waals surface area contributed by atoms with Crippen LogP contribution in [0.5, 0.6) is 5.75 Å². The molecule has 2 saturated heterocycles. The fraction of sp³-hybridized carbons (Fsp3) is 0.579. The Labute approximate surface area is 162 Å². The summed E-state index contributed by atoms with van der Waals surface area (Å²) in [5.41, 5.74) is 0.968. The molecule has 2 fully saturated rings. The lowest BCUT2D eigenvalue weighted by Crippen LogP contribution is -2.57. The minimum atomic E-state index is -0.732. The fourth-order valence-corrected chi connectivity index (χ4v) is 3.68. The minimum Gasteiger partial charge on any atom is -0.497 e. The molecule has 3 rings (SSSR count). The molecule has 2 heterocycles. The van der Waals surface area contributed by atoms with E-state index in [0.29, 0.717) is 6.61 Å². The van der Waals surface area contributed by atoms with Crippen molar-refractivity contribution in [3.05, 3.63) is 40.9 Å². The molecule has 1 aromatic carbocycles. The molecule has 0 radical (unpaired) electrons. The second-order valence-corrected chi connectivity index (χ2v) is 7.59. The van der Waals surface area contributed by atoms with Gasteiger partial charge >= 0.3 is 0 Å². The van der Waals surface area contributed by atoms with E-state index in [2.05, 4.69) is 22.5 Å². The largest absolute Gasteiger partial charge is 0.497 e. The van der Waals surface area contributed by atoms with Gasteiger partial charge in [-0.05, 0) is 37.6 Å². The van der Waals surface area contributed by atoms with Crippen LogP contribution in [0.15, 0.2) is 35.3 Å². The number of halogens is 1. The number of hydrogen-bond acceptors (Lipinski definition) is 6. The maximum Gasteiger partial charge on any atom is 0.186 e. The second-order valence-electron chi connectivity index (χ2n) is 6.74. The topological polar surface area (TPSA) is 55.4 Å². The van der Waals surface area contributed by atoms with E-state index in [1.165, 1.54) is 0 Å². The lowest BCUT2D eigenvalue weighted by atomic mass is 9.98. The maximum atomic E-state index is 6.21. The monoisotopic (exact) mass is 428 g/mol. The number of rotatable bonds is 6. The third-order valence-electron chi connectivity index (χ3n) is 4.52. The van der Waals surface area contributed by atoms with Crippen molar-refractivity contribution >= 4 is 15.9 Å². The lowest BCUT2D eigenvalue weighted by molar-refractivity contribution is -0.264. The maximum absolute atomic E-state index is 6.21. The van der Waals surface area contributed by atoms with E-state index in [0.717, 1.165) is 15.8 Å². The van der Waals surface area contributed by atoms with Gasteiger partial charge in [0.25, 0.3) is 0 Å². The Balaban J connectivity index is 1.79. The zero-order chi connectivity index (χ0) is 18.9. The molecule has 0 unspecified atom stereocenters. The van der Waals surface area contributed by atoms with Gasteiger partial charge in [0.05, 0.1) is 13.7 Å². The summed E-state index contributed by atoms with van der Waals surface area (Å²) in [6, 6.07) is 5.75. The third kappa shape index (κ3) is 3.98. The Bertz CT molecular complexity index is 649. The van der Waals surface area contributed by atoms with Crippen molar-refractivity contribution in [1.29, 1.82) is 0 Å². The highest BCUT2D eigenvalue weighted by Gasteiger charge is 2.55. The molecule has 0 N–H and O–H groups in total. The van der Waals surface area contributed by atoms with Gasteiger partial charge in [0, 0.05) is 11.6 Å². The first-order valence-corrected chi connectivity index (χ1v) is 9.28. The van der Waals surface area contributed by atoms with Gasteiger partial charge in [-0.25, -0.2) is 0 Å². The van der Waals surface area contributed by atoms with Crippen LogP contribution in [0.2, 0.25) is 0 Å². The van der Waals surface area contributed by atoms with Crippen LogP contribution in [0, 0.1) is 0 Å². The summed E-state index contributed by atoms with van der Waals surface area (Å²) in [4.78, 5) is 0. The van der Waals surface area contributed by atoms with E-state index < -0.39 is 12.1 Å². The van der Waals surface area contributed by atoms with Crippen molar-refractivity contribution in [2.45, 2.75) is 56.9 Å². The van der Waals surface area contributed by atoms with E-state index >= 15 is 0 Å². The van der Waals surface area contributed by atoms with Gasteiger partial charge in [-0.15, -0.1) is 6.58 Å². The average Bonchev–Trinajstić information content (AvgIpc) is 2.95. The molecule has 7 heteroatoms. The van der Waals surface area contributed by atoms with Crippen LogP contribution in [0.25, 0.3) is 0 Å². The molecule has 2 aliphatic rings. The van der Waals surface area contributed by atoms with Crippen molar-refractivity contribution in [2.24, 2.45) is 0 Å². The molecule has 1 aromatic rings. The highest BCUT2D eigenvalue weighted by molar-refractivity contribution is 9.10. The van der Waals surface area contributed by atoms with Gasteiger partial charge in [-0.1, -0.05) is 22.0 Å². The second kappa shape index (κ2) is 7.96. The average molecular weight is 429 g/mol. The van der Waals surface area contributed by atoms with Crippen LogP contribution in [-0.4, -0.2) is 50.7 Å². The molecular formula is C19H25BrO6. The molecule has 2 aliphatic heterocycles. The Morgan fingerprint density at radius 3 is 2.62 bits per heavy atom. The molecule has 5 atom stereocenters. The first-order valence-electron chi connectivity index (χ1n) is 8.49. The summed E-state index contributed by atoms with van der Waals surface area (Å²) in [6.45, 7) is 7.97. The smallest absolute Gasteiger partial charge is 0.186 e. The number of hydrogen-bond donors (Lipinski definition) is 0. The predicted molar refractivity (Wildman–Crippen MR) is 99.0 cm³/mol. The van der Waals surface area contributed by atoms with Gasteiger partial charge < -0.3 is 28.4 Å². The van der Waals surface area contributed by atoms with Crippen molar-refractivity contribution in [2.75, 3.05) is 14.2 Å². The number of fused-ring (bicyclic) bond motifs is 1. The van der Waals surface area contributed by atoms with Crippen LogP contribution < -0.4 is 4.74 Å². The molecule has 0 saturated carbocycles. The Morgan fingerprint density at radius 1 is 1.23 bits per heavy atom. The van der Waals surface area contributed by atoms with E-state index in [-0.39, 0.29) is 24.4 Å². The molecule has 6 nitrogen and oxygen atoms in total. The quantitative estimate of drug-likeness (QED) is 0.647. The van der Waals surface area contributed by atoms with E-state index in [1.54, 1.807) is 20.3 Å². The Kier molecular flexibility index (Phi) is 6.06. The van der Waals surface area contributed by atoms with Crippen molar-refractivity contribution in [1.82, 2.24) is 0 Å². The highest BCUT2D eigenvalue weighted by atomic mass is 79.9. The van der Waals surface area contributed by atoms with Gasteiger partial charge in [-0.3, -0.25) is 0 Å². The summed E-state index contributed by atoms with van der Waals surface area (Å²) in [7, 11) is 3.23.